The van der Waals surface area contributed by atoms with Crippen LogP contribution in [0, 0.1) is 0 Å². The highest BCUT2D eigenvalue weighted by Crippen LogP contribution is 2.09. The minimum Gasteiger partial charge on any atom is -0.313 e. The Balaban J connectivity index is 2.21. The zero-order valence-corrected chi connectivity index (χ0v) is 9.89. The Labute approximate surface area is 89.1 Å². The Hall–Kier alpha value is -0.0800. The van der Waals surface area contributed by atoms with Crippen molar-refractivity contribution in [1.29, 1.82) is 0 Å². The van der Waals surface area contributed by atoms with E-state index in [1.54, 1.807) is 0 Å². The van der Waals surface area contributed by atoms with Gasteiger partial charge in [0, 0.05) is 12.6 Å². The van der Waals surface area contributed by atoms with Crippen LogP contribution in [0.4, 0.5) is 0 Å². The molecule has 1 atom stereocenters. The Morgan fingerprint density at radius 3 is 2.36 bits per heavy atom. The van der Waals surface area contributed by atoms with E-state index in [0.29, 0.717) is 0 Å². The lowest BCUT2D eigenvalue weighted by molar-refractivity contribution is 0.224. The molecule has 1 aliphatic rings. The number of piperidine rings is 1. The molecular weight excluding hydrogens is 172 g/mol. The minimum atomic E-state index is 0.766. The summed E-state index contributed by atoms with van der Waals surface area (Å²) in [6.45, 7) is 9.59. The van der Waals surface area contributed by atoms with Crippen molar-refractivity contribution in [3.63, 3.8) is 0 Å². The molecule has 1 N–H and O–H groups in total. The van der Waals surface area contributed by atoms with Crippen molar-refractivity contribution in [2.24, 2.45) is 0 Å². The van der Waals surface area contributed by atoms with E-state index in [2.05, 4.69) is 24.1 Å². The average Bonchev–Trinajstić information content (AvgIpc) is 2.20. The number of hydrogen-bond donors (Lipinski definition) is 1. The summed E-state index contributed by atoms with van der Waals surface area (Å²) in [5.74, 6) is 0. The van der Waals surface area contributed by atoms with Gasteiger partial charge in [-0.25, -0.2) is 0 Å². The number of nitrogens with one attached hydrogen (secondary N) is 1. The summed E-state index contributed by atoms with van der Waals surface area (Å²) in [6.07, 6.45) is 6.74. The topological polar surface area (TPSA) is 15.3 Å². The SMILES string of the molecule is CCCN(CCC)C[C@@H]1CCCCN1. The first kappa shape index (κ1) is 12.0. The maximum absolute atomic E-state index is 3.62. The van der Waals surface area contributed by atoms with Gasteiger partial charge in [-0.15, -0.1) is 0 Å². The van der Waals surface area contributed by atoms with Crippen LogP contribution in [0.2, 0.25) is 0 Å². The van der Waals surface area contributed by atoms with Gasteiger partial charge in [0.2, 0.25) is 0 Å². The van der Waals surface area contributed by atoms with Crippen LogP contribution in [0.5, 0.6) is 0 Å². The summed E-state index contributed by atoms with van der Waals surface area (Å²) in [5, 5.41) is 3.62. The normalized spacial score (nSPS) is 22.9. The molecule has 2 nitrogen and oxygen atoms in total. The van der Waals surface area contributed by atoms with Crippen molar-refractivity contribution in [1.82, 2.24) is 10.2 Å². The highest BCUT2D eigenvalue weighted by atomic mass is 15.1. The van der Waals surface area contributed by atoms with Crippen molar-refractivity contribution in [3.8, 4) is 0 Å². The van der Waals surface area contributed by atoms with Gasteiger partial charge in [-0.2, -0.15) is 0 Å². The largest absolute Gasteiger partial charge is 0.313 e. The zero-order chi connectivity index (χ0) is 10.2. The molecule has 2 heteroatoms. The van der Waals surface area contributed by atoms with Crippen molar-refractivity contribution in [2.75, 3.05) is 26.2 Å². The van der Waals surface area contributed by atoms with Crippen LogP contribution in [0.1, 0.15) is 46.0 Å². The summed E-state index contributed by atoms with van der Waals surface area (Å²) in [7, 11) is 0. The molecular formula is C12H26N2. The van der Waals surface area contributed by atoms with Gasteiger partial charge in [0.05, 0.1) is 0 Å². The lowest BCUT2D eigenvalue weighted by Crippen LogP contribution is -2.44. The Bertz CT molecular complexity index is 124. The molecule has 1 aliphatic heterocycles. The molecule has 0 aromatic carbocycles. The van der Waals surface area contributed by atoms with Crippen LogP contribution in [0.15, 0.2) is 0 Å². The molecule has 0 amide bonds. The first-order valence-electron chi connectivity index (χ1n) is 6.32. The standard InChI is InChI=1S/C12H26N2/c1-3-9-14(10-4-2)11-12-7-5-6-8-13-12/h12-13H,3-11H2,1-2H3/t12-/m0/s1. The average molecular weight is 198 g/mol. The molecule has 0 aliphatic carbocycles. The summed E-state index contributed by atoms with van der Waals surface area (Å²) in [6, 6.07) is 0.766. The summed E-state index contributed by atoms with van der Waals surface area (Å²) in [5.41, 5.74) is 0. The van der Waals surface area contributed by atoms with Gasteiger partial charge in [-0.1, -0.05) is 20.3 Å². The molecule has 0 saturated carbocycles. The van der Waals surface area contributed by atoms with Gasteiger partial charge in [0.15, 0.2) is 0 Å². The third-order valence-electron chi connectivity index (χ3n) is 2.97. The molecule has 1 saturated heterocycles. The fraction of sp³-hybridized carbons (Fsp3) is 1.00. The van der Waals surface area contributed by atoms with Crippen LogP contribution in [0.3, 0.4) is 0 Å². The summed E-state index contributed by atoms with van der Waals surface area (Å²) in [4.78, 5) is 2.61. The molecule has 1 heterocycles. The molecule has 1 fully saturated rings. The predicted molar refractivity (Wildman–Crippen MR) is 62.7 cm³/mol. The molecule has 0 radical (unpaired) electrons. The number of nitrogens with zero attached hydrogens (tertiary/aromatic N) is 1. The predicted octanol–water partition coefficient (Wildman–Crippen LogP) is 2.25. The Morgan fingerprint density at radius 2 is 1.86 bits per heavy atom. The fourth-order valence-corrected chi connectivity index (χ4v) is 2.32. The van der Waals surface area contributed by atoms with E-state index in [1.807, 2.05) is 0 Å². The molecule has 14 heavy (non-hydrogen) atoms. The third kappa shape index (κ3) is 4.43. The van der Waals surface area contributed by atoms with E-state index < -0.39 is 0 Å². The van der Waals surface area contributed by atoms with Gasteiger partial charge in [0.1, 0.15) is 0 Å². The molecule has 84 valence electrons. The lowest BCUT2D eigenvalue weighted by atomic mass is 10.0. The fourth-order valence-electron chi connectivity index (χ4n) is 2.32. The second-order valence-electron chi connectivity index (χ2n) is 4.45. The van der Waals surface area contributed by atoms with Gasteiger partial charge < -0.3 is 10.2 Å². The molecule has 0 unspecified atom stereocenters. The lowest BCUT2D eigenvalue weighted by Gasteiger charge is -2.30. The van der Waals surface area contributed by atoms with E-state index >= 15 is 0 Å². The van der Waals surface area contributed by atoms with Gasteiger partial charge in [-0.05, 0) is 45.3 Å². The van der Waals surface area contributed by atoms with Gasteiger partial charge in [-0.3, -0.25) is 0 Å². The quantitative estimate of drug-likeness (QED) is 0.704. The zero-order valence-electron chi connectivity index (χ0n) is 9.89. The minimum absolute atomic E-state index is 0.766. The smallest absolute Gasteiger partial charge is 0.0195 e. The van der Waals surface area contributed by atoms with E-state index in [1.165, 1.54) is 58.3 Å². The van der Waals surface area contributed by atoms with E-state index in [0.717, 1.165) is 6.04 Å². The van der Waals surface area contributed by atoms with Crippen LogP contribution in [-0.2, 0) is 0 Å². The van der Waals surface area contributed by atoms with E-state index in [-0.39, 0.29) is 0 Å². The van der Waals surface area contributed by atoms with Gasteiger partial charge >= 0.3 is 0 Å². The highest BCUT2D eigenvalue weighted by molar-refractivity contribution is 4.75. The first-order valence-corrected chi connectivity index (χ1v) is 6.32. The number of rotatable bonds is 6. The van der Waals surface area contributed by atoms with Crippen LogP contribution >= 0.6 is 0 Å². The third-order valence-corrected chi connectivity index (χ3v) is 2.97. The van der Waals surface area contributed by atoms with Crippen LogP contribution in [-0.4, -0.2) is 37.1 Å². The Morgan fingerprint density at radius 1 is 1.14 bits per heavy atom. The van der Waals surface area contributed by atoms with E-state index in [4.69, 9.17) is 0 Å². The van der Waals surface area contributed by atoms with Crippen molar-refractivity contribution < 1.29 is 0 Å². The molecule has 0 aromatic heterocycles. The number of hydrogen-bond acceptors (Lipinski definition) is 2. The van der Waals surface area contributed by atoms with E-state index in [9.17, 15) is 0 Å². The maximum Gasteiger partial charge on any atom is 0.0195 e. The summed E-state index contributed by atoms with van der Waals surface area (Å²) < 4.78 is 0. The molecule has 1 rings (SSSR count). The van der Waals surface area contributed by atoms with Crippen molar-refractivity contribution in [3.05, 3.63) is 0 Å². The Kier molecular flexibility index (Phi) is 6.20. The second kappa shape index (κ2) is 7.24. The maximum atomic E-state index is 3.62. The molecule has 0 spiro atoms. The molecule has 0 bridgehead atoms. The second-order valence-corrected chi connectivity index (χ2v) is 4.45. The van der Waals surface area contributed by atoms with Crippen LogP contribution < -0.4 is 5.32 Å². The molecule has 0 aromatic rings. The van der Waals surface area contributed by atoms with Crippen LogP contribution in [0.25, 0.3) is 0 Å². The summed E-state index contributed by atoms with van der Waals surface area (Å²) >= 11 is 0. The first-order chi connectivity index (χ1) is 6.86. The monoisotopic (exact) mass is 198 g/mol. The highest BCUT2D eigenvalue weighted by Gasteiger charge is 2.15. The van der Waals surface area contributed by atoms with Gasteiger partial charge in [0.25, 0.3) is 0 Å². The van der Waals surface area contributed by atoms with Crippen molar-refractivity contribution >= 4 is 0 Å². The van der Waals surface area contributed by atoms with Crippen molar-refractivity contribution in [2.45, 2.75) is 52.0 Å².